The van der Waals surface area contributed by atoms with Gasteiger partial charge in [0.05, 0.1) is 4.47 Å². The molecule has 4 heteroatoms. The monoisotopic (exact) mass is 257 g/mol. The van der Waals surface area contributed by atoms with Gasteiger partial charge in [-0.3, -0.25) is 0 Å². The van der Waals surface area contributed by atoms with Crippen molar-refractivity contribution in [3.8, 4) is 0 Å². The molecule has 1 aromatic heterocycles. The van der Waals surface area contributed by atoms with E-state index in [0.29, 0.717) is 0 Å². The first kappa shape index (κ1) is 11.5. The van der Waals surface area contributed by atoms with E-state index in [0.717, 1.165) is 23.3 Å². The molecule has 1 atom stereocenters. The summed E-state index contributed by atoms with van der Waals surface area (Å²) in [7, 11) is 2.02. The molecule has 0 fully saturated rings. The van der Waals surface area contributed by atoms with Crippen molar-refractivity contribution in [1.82, 2.24) is 4.98 Å². The molecule has 0 bridgehead atoms. The van der Waals surface area contributed by atoms with Crippen molar-refractivity contribution in [2.45, 2.75) is 19.4 Å². The molecule has 0 radical (unpaired) electrons. The van der Waals surface area contributed by atoms with Crippen LogP contribution in [0.5, 0.6) is 0 Å². The Balaban J connectivity index is 2.60. The minimum Gasteiger partial charge on any atom is -0.359 e. The summed E-state index contributed by atoms with van der Waals surface area (Å²) in [5.41, 5.74) is 5.70. The molecule has 0 aliphatic carbocycles. The third-order valence-corrected chi connectivity index (χ3v) is 2.64. The van der Waals surface area contributed by atoms with Crippen molar-refractivity contribution < 1.29 is 0 Å². The standard InChI is InChI=1S/C10H16BrN3/c1-8(12)5-7-14(2)10-9(11)4-3-6-13-10/h3-4,6,8H,5,7,12H2,1-2H3. The molecule has 78 valence electrons. The molecule has 0 spiro atoms. The fourth-order valence-corrected chi connectivity index (χ4v) is 1.72. The summed E-state index contributed by atoms with van der Waals surface area (Å²) in [6.45, 7) is 2.94. The average Bonchev–Trinajstić information content (AvgIpc) is 2.15. The normalized spacial score (nSPS) is 12.6. The molecular formula is C10H16BrN3. The number of rotatable bonds is 4. The Hall–Kier alpha value is -0.610. The van der Waals surface area contributed by atoms with E-state index < -0.39 is 0 Å². The molecule has 0 aliphatic rings. The van der Waals surface area contributed by atoms with Gasteiger partial charge in [0.15, 0.2) is 0 Å². The highest BCUT2D eigenvalue weighted by atomic mass is 79.9. The molecule has 14 heavy (non-hydrogen) atoms. The number of hydrogen-bond donors (Lipinski definition) is 1. The Bertz CT molecular complexity index is 288. The number of anilines is 1. The number of nitrogens with zero attached hydrogens (tertiary/aromatic N) is 2. The lowest BCUT2D eigenvalue weighted by molar-refractivity contribution is 0.656. The van der Waals surface area contributed by atoms with Crippen LogP contribution in [0.3, 0.4) is 0 Å². The van der Waals surface area contributed by atoms with Gasteiger partial charge in [0.1, 0.15) is 5.82 Å². The summed E-state index contributed by atoms with van der Waals surface area (Å²) < 4.78 is 1.02. The average molecular weight is 258 g/mol. The Morgan fingerprint density at radius 2 is 2.36 bits per heavy atom. The maximum atomic E-state index is 5.70. The van der Waals surface area contributed by atoms with Crippen LogP contribution in [-0.4, -0.2) is 24.6 Å². The summed E-state index contributed by atoms with van der Waals surface area (Å²) in [5, 5.41) is 0. The van der Waals surface area contributed by atoms with Crippen LogP contribution < -0.4 is 10.6 Å². The maximum absolute atomic E-state index is 5.70. The molecule has 1 unspecified atom stereocenters. The molecule has 0 saturated heterocycles. The molecule has 0 aliphatic heterocycles. The van der Waals surface area contributed by atoms with E-state index in [1.54, 1.807) is 6.20 Å². The van der Waals surface area contributed by atoms with Gasteiger partial charge in [-0.05, 0) is 41.4 Å². The van der Waals surface area contributed by atoms with E-state index in [2.05, 4.69) is 25.8 Å². The highest BCUT2D eigenvalue weighted by molar-refractivity contribution is 9.10. The van der Waals surface area contributed by atoms with Crippen LogP contribution in [0, 0.1) is 0 Å². The lowest BCUT2D eigenvalue weighted by atomic mass is 10.2. The van der Waals surface area contributed by atoms with Crippen molar-refractivity contribution >= 4 is 21.7 Å². The predicted octanol–water partition coefficient (Wildman–Crippen LogP) is 2.02. The Labute approximate surface area is 93.4 Å². The van der Waals surface area contributed by atoms with Crippen LogP contribution in [0.4, 0.5) is 5.82 Å². The topological polar surface area (TPSA) is 42.1 Å². The summed E-state index contributed by atoms with van der Waals surface area (Å²) in [4.78, 5) is 6.40. The Morgan fingerprint density at radius 3 is 2.93 bits per heavy atom. The van der Waals surface area contributed by atoms with E-state index in [4.69, 9.17) is 5.73 Å². The zero-order chi connectivity index (χ0) is 10.6. The van der Waals surface area contributed by atoms with Gasteiger partial charge in [-0.2, -0.15) is 0 Å². The fourth-order valence-electron chi connectivity index (χ4n) is 1.16. The van der Waals surface area contributed by atoms with Crippen LogP contribution in [0.2, 0.25) is 0 Å². The van der Waals surface area contributed by atoms with Crippen LogP contribution in [0.1, 0.15) is 13.3 Å². The molecule has 1 aromatic rings. The first-order valence-electron chi connectivity index (χ1n) is 4.68. The van der Waals surface area contributed by atoms with E-state index in [1.807, 2.05) is 26.1 Å². The second-order valence-electron chi connectivity index (χ2n) is 3.50. The third kappa shape index (κ3) is 3.27. The molecule has 1 heterocycles. The summed E-state index contributed by atoms with van der Waals surface area (Å²) in [6, 6.07) is 4.14. The van der Waals surface area contributed by atoms with Crippen molar-refractivity contribution in [2.75, 3.05) is 18.5 Å². The van der Waals surface area contributed by atoms with Gasteiger partial charge in [-0.1, -0.05) is 0 Å². The molecule has 2 N–H and O–H groups in total. The second kappa shape index (κ2) is 5.32. The quantitative estimate of drug-likeness (QED) is 0.898. The predicted molar refractivity (Wildman–Crippen MR) is 63.5 cm³/mol. The summed E-state index contributed by atoms with van der Waals surface area (Å²) >= 11 is 3.47. The van der Waals surface area contributed by atoms with E-state index in [9.17, 15) is 0 Å². The summed E-state index contributed by atoms with van der Waals surface area (Å²) in [6.07, 6.45) is 2.77. The van der Waals surface area contributed by atoms with Crippen molar-refractivity contribution in [2.24, 2.45) is 5.73 Å². The van der Waals surface area contributed by atoms with Crippen LogP contribution in [0.15, 0.2) is 22.8 Å². The van der Waals surface area contributed by atoms with Crippen LogP contribution >= 0.6 is 15.9 Å². The second-order valence-corrected chi connectivity index (χ2v) is 4.35. The van der Waals surface area contributed by atoms with Gasteiger partial charge < -0.3 is 10.6 Å². The van der Waals surface area contributed by atoms with Gasteiger partial charge in [0.25, 0.3) is 0 Å². The Morgan fingerprint density at radius 1 is 1.64 bits per heavy atom. The fraction of sp³-hybridized carbons (Fsp3) is 0.500. The van der Waals surface area contributed by atoms with Gasteiger partial charge in [0.2, 0.25) is 0 Å². The Kier molecular flexibility index (Phi) is 4.35. The lowest BCUT2D eigenvalue weighted by Gasteiger charge is -2.20. The minimum absolute atomic E-state index is 0.236. The summed E-state index contributed by atoms with van der Waals surface area (Å²) in [5.74, 6) is 0.966. The molecule has 0 saturated carbocycles. The first-order valence-corrected chi connectivity index (χ1v) is 5.48. The molecule has 0 amide bonds. The number of halogens is 1. The highest BCUT2D eigenvalue weighted by Gasteiger charge is 2.06. The minimum atomic E-state index is 0.236. The number of pyridine rings is 1. The smallest absolute Gasteiger partial charge is 0.142 e. The van der Waals surface area contributed by atoms with E-state index >= 15 is 0 Å². The zero-order valence-corrected chi connectivity index (χ0v) is 10.2. The highest BCUT2D eigenvalue weighted by Crippen LogP contribution is 2.21. The number of aromatic nitrogens is 1. The van der Waals surface area contributed by atoms with E-state index in [1.165, 1.54) is 0 Å². The molecule has 3 nitrogen and oxygen atoms in total. The lowest BCUT2D eigenvalue weighted by Crippen LogP contribution is -2.26. The van der Waals surface area contributed by atoms with Crippen molar-refractivity contribution in [1.29, 1.82) is 0 Å². The molecular weight excluding hydrogens is 242 g/mol. The van der Waals surface area contributed by atoms with Gasteiger partial charge in [0, 0.05) is 25.8 Å². The number of nitrogens with two attached hydrogens (primary N) is 1. The SMILES string of the molecule is CC(N)CCN(C)c1ncccc1Br. The first-order chi connectivity index (χ1) is 6.61. The maximum Gasteiger partial charge on any atom is 0.142 e. The number of hydrogen-bond acceptors (Lipinski definition) is 3. The van der Waals surface area contributed by atoms with Gasteiger partial charge in [-0.25, -0.2) is 4.98 Å². The zero-order valence-electron chi connectivity index (χ0n) is 8.57. The van der Waals surface area contributed by atoms with Crippen molar-refractivity contribution in [3.05, 3.63) is 22.8 Å². The third-order valence-electron chi connectivity index (χ3n) is 2.02. The van der Waals surface area contributed by atoms with Gasteiger partial charge >= 0.3 is 0 Å². The van der Waals surface area contributed by atoms with Crippen LogP contribution in [-0.2, 0) is 0 Å². The molecule has 0 aromatic carbocycles. The van der Waals surface area contributed by atoms with Gasteiger partial charge in [-0.15, -0.1) is 0 Å². The largest absolute Gasteiger partial charge is 0.359 e. The van der Waals surface area contributed by atoms with E-state index in [-0.39, 0.29) is 6.04 Å². The molecule has 1 rings (SSSR count). The van der Waals surface area contributed by atoms with Crippen molar-refractivity contribution in [3.63, 3.8) is 0 Å². The van der Waals surface area contributed by atoms with Crippen LogP contribution in [0.25, 0.3) is 0 Å².